The largest absolute Gasteiger partial charge is 0.496 e. The van der Waals surface area contributed by atoms with Gasteiger partial charge in [0, 0.05) is 24.1 Å². The highest BCUT2D eigenvalue weighted by Crippen LogP contribution is 2.41. The first kappa shape index (κ1) is 15.1. The molecule has 0 aliphatic carbocycles. The SMILES string of the molecule is COc1cc(OC)c(C(C)(C)F)cc1C1CCCNC1. The fraction of sp³-hybridized carbons (Fsp3) is 0.625. The number of ether oxygens (including phenoxy) is 2. The van der Waals surface area contributed by atoms with Gasteiger partial charge in [0.05, 0.1) is 14.2 Å². The van der Waals surface area contributed by atoms with E-state index in [1.165, 1.54) is 0 Å². The Balaban J connectivity index is 2.48. The molecular weight excluding hydrogens is 257 g/mol. The van der Waals surface area contributed by atoms with Crippen LogP contribution in [0.15, 0.2) is 12.1 Å². The Morgan fingerprint density at radius 1 is 1.20 bits per heavy atom. The average Bonchev–Trinajstić information content (AvgIpc) is 2.45. The number of benzene rings is 1. The van der Waals surface area contributed by atoms with Crippen molar-refractivity contribution < 1.29 is 13.9 Å². The van der Waals surface area contributed by atoms with Gasteiger partial charge in [0.15, 0.2) is 0 Å². The molecule has 1 unspecified atom stereocenters. The van der Waals surface area contributed by atoms with Gasteiger partial charge in [-0.05, 0) is 44.9 Å². The Morgan fingerprint density at radius 2 is 1.90 bits per heavy atom. The van der Waals surface area contributed by atoms with E-state index in [1.807, 2.05) is 6.07 Å². The molecule has 112 valence electrons. The van der Waals surface area contributed by atoms with Gasteiger partial charge in [0.1, 0.15) is 17.2 Å². The number of halogens is 1. The molecule has 1 heterocycles. The molecule has 0 spiro atoms. The number of methoxy groups -OCH3 is 2. The summed E-state index contributed by atoms with van der Waals surface area (Å²) in [6.45, 7) is 5.08. The van der Waals surface area contributed by atoms with Crippen LogP contribution in [0.25, 0.3) is 0 Å². The van der Waals surface area contributed by atoms with Crippen LogP contribution < -0.4 is 14.8 Å². The molecule has 1 aliphatic heterocycles. The molecule has 1 aromatic rings. The Kier molecular flexibility index (Phi) is 4.53. The molecule has 4 heteroatoms. The maximum atomic E-state index is 14.4. The zero-order chi connectivity index (χ0) is 14.8. The minimum atomic E-state index is -1.44. The highest BCUT2D eigenvalue weighted by molar-refractivity contribution is 5.50. The van der Waals surface area contributed by atoms with Crippen LogP contribution in [0.4, 0.5) is 4.39 Å². The second-order valence-electron chi connectivity index (χ2n) is 5.81. The average molecular weight is 281 g/mol. The fourth-order valence-corrected chi connectivity index (χ4v) is 2.82. The lowest BCUT2D eigenvalue weighted by Crippen LogP contribution is -2.29. The van der Waals surface area contributed by atoms with E-state index in [0.29, 0.717) is 17.2 Å². The second-order valence-corrected chi connectivity index (χ2v) is 5.81. The van der Waals surface area contributed by atoms with Crippen molar-refractivity contribution in [1.29, 1.82) is 0 Å². The molecule has 0 aromatic heterocycles. The first-order chi connectivity index (χ1) is 9.47. The molecule has 1 atom stereocenters. The van der Waals surface area contributed by atoms with E-state index in [-0.39, 0.29) is 0 Å². The van der Waals surface area contributed by atoms with E-state index in [2.05, 4.69) is 5.32 Å². The van der Waals surface area contributed by atoms with Crippen molar-refractivity contribution in [3.63, 3.8) is 0 Å². The van der Waals surface area contributed by atoms with Gasteiger partial charge in [-0.25, -0.2) is 4.39 Å². The lowest BCUT2D eigenvalue weighted by Gasteiger charge is -2.27. The number of piperidine rings is 1. The van der Waals surface area contributed by atoms with Gasteiger partial charge in [-0.3, -0.25) is 0 Å². The maximum Gasteiger partial charge on any atom is 0.134 e. The van der Waals surface area contributed by atoms with Gasteiger partial charge >= 0.3 is 0 Å². The number of alkyl halides is 1. The molecular formula is C16H24FNO2. The summed E-state index contributed by atoms with van der Waals surface area (Å²) < 4.78 is 25.2. The normalized spacial score (nSPS) is 19.8. The third-order valence-corrected chi connectivity index (χ3v) is 3.93. The molecule has 0 amide bonds. The molecule has 3 nitrogen and oxygen atoms in total. The van der Waals surface area contributed by atoms with Gasteiger partial charge in [-0.1, -0.05) is 0 Å². The predicted molar refractivity (Wildman–Crippen MR) is 78.5 cm³/mol. The lowest BCUT2D eigenvalue weighted by molar-refractivity contribution is 0.212. The molecule has 1 aromatic carbocycles. The molecule has 0 radical (unpaired) electrons. The Labute approximate surface area is 120 Å². The zero-order valence-corrected chi connectivity index (χ0v) is 12.8. The smallest absolute Gasteiger partial charge is 0.134 e. The summed E-state index contributed by atoms with van der Waals surface area (Å²) in [6, 6.07) is 3.72. The number of nitrogens with one attached hydrogen (secondary N) is 1. The van der Waals surface area contributed by atoms with E-state index in [1.54, 1.807) is 34.1 Å². The van der Waals surface area contributed by atoms with Gasteiger partial charge in [0.25, 0.3) is 0 Å². The van der Waals surface area contributed by atoms with Gasteiger partial charge in [-0.15, -0.1) is 0 Å². The Hall–Kier alpha value is -1.29. The molecule has 1 aliphatic rings. The number of hydrogen-bond acceptors (Lipinski definition) is 3. The summed E-state index contributed by atoms with van der Waals surface area (Å²) in [4.78, 5) is 0. The lowest BCUT2D eigenvalue weighted by atomic mass is 9.87. The quantitative estimate of drug-likeness (QED) is 0.918. The molecule has 0 bridgehead atoms. The van der Waals surface area contributed by atoms with Crippen molar-refractivity contribution in [3.8, 4) is 11.5 Å². The highest BCUT2D eigenvalue weighted by Gasteiger charge is 2.28. The molecule has 1 N–H and O–H groups in total. The van der Waals surface area contributed by atoms with Crippen LogP contribution in [0, 0.1) is 0 Å². The van der Waals surface area contributed by atoms with Gasteiger partial charge in [0.2, 0.25) is 0 Å². The van der Waals surface area contributed by atoms with Crippen LogP contribution in [0.1, 0.15) is 43.7 Å². The summed E-state index contributed by atoms with van der Waals surface area (Å²) >= 11 is 0. The van der Waals surface area contributed by atoms with Crippen LogP contribution >= 0.6 is 0 Å². The first-order valence-corrected chi connectivity index (χ1v) is 7.13. The monoisotopic (exact) mass is 281 g/mol. The Morgan fingerprint density at radius 3 is 2.40 bits per heavy atom. The predicted octanol–water partition coefficient (Wildman–Crippen LogP) is 3.38. The third-order valence-electron chi connectivity index (χ3n) is 3.93. The summed E-state index contributed by atoms with van der Waals surface area (Å²) in [6.07, 6.45) is 2.23. The minimum absolute atomic E-state index is 0.366. The Bertz CT molecular complexity index is 462. The van der Waals surface area contributed by atoms with Crippen molar-refractivity contribution in [3.05, 3.63) is 23.3 Å². The number of rotatable bonds is 4. The van der Waals surface area contributed by atoms with E-state index >= 15 is 0 Å². The standard InChI is InChI=1S/C16H24FNO2/c1-16(2,17)13-8-12(11-6-5-7-18-10-11)14(19-3)9-15(13)20-4/h8-9,11,18H,5-7,10H2,1-4H3. The summed E-state index contributed by atoms with van der Waals surface area (Å²) in [5.74, 6) is 1.69. The maximum absolute atomic E-state index is 14.4. The van der Waals surface area contributed by atoms with Crippen LogP contribution in [-0.4, -0.2) is 27.3 Å². The highest BCUT2D eigenvalue weighted by atomic mass is 19.1. The van der Waals surface area contributed by atoms with Gasteiger partial charge < -0.3 is 14.8 Å². The third kappa shape index (κ3) is 3.06. The second kappa shape index (κ2) is 6.00. The van der Waals surface area contributed by atoms with E-state index in [0.717, 1.165) is 37.2 Å². The van der Waals surface area contributed by atoms with Crippen LogP contribution in [0.3, 0.4) is 0 Å². The fourth-order valence-electron chi connectivity index (χ4n) is 2.82. The van der Waals surface area contributed by atoms with Crippen molar-refractivity contribution in [1.82, 2.24) is 5.32 Å². The molecule has 1 saturated heterocycles. The van der Waals surface area contributed by atoms with Crippen molar-refractivity contribution in [2.45, 2.75) is 38.3 Å². The minimum Gasteiger partial charge on any atom is -0.496 e. The van der Waals surface area contributed by atoms with Crippen LogP contribution in [0.5, 0.6) is 11.5 Å². The van der Waals surface area contributed by atoms with Crippen molar-refractivity contribution in [2.24, 2.45) is 0 Å². The summed E-state index contributed by atoms with van der Waals surface area (Å²) in [5.41, 5.74) is 0.219. The van der Waals surface area contributed by atoms with E-state index in [4.69, 9.17) is 9.47 Å². The van der Waals surface area contributed by atoms with Gasteiger partial charge in [-0.2, -0.15) is 0 Å². The zero-order valence-electron chi connectivity index (χ0n) is 12.8. The number of hydrogen-bond donors (Lipinski definition) is 1. The van der Waals surface area contributed by atoms with Crippen LogP contribution in [-0.2, 0) is 5.67 Å². The molecule has 2 rings (SSSR count). The van der Waals surface area contributed by atoms with E-state index in [9.17, 15) is 4.39 Å². The van der Waals surface area contributed by atoms with Crippen molar-refractivity contribution >= 4 is 0 Å². The van der Waals surface area contributed by atoms with Crippen molar-refractivity contribution in [2.75, 3.05) is 27.3 Å². The van der Waals surface area contributed by atoms with Crippen LogP contribution in [0.2, 0.25) is 0 Å². The summed E-state index contributed by atoms with van der Waals surface area (Å²) in [7, 11) is 3.21. The molecule has 20 heavy (non-hydrogen) atoms. The summed E-state index contributed by atoms with van der Waals surface area (Å²) in [5, 5.41) is 3.39. The van der Waals surface area contributed by atoms with E-state index < -0.39 is 5.67 Å². The molecule has 1 fully saturated rings. The topological polar surface area (TPSA) is 30.5 Å². The first-order valence-electron chi connectivity index (χ1n) is 7.13. The molecule has 0 saturated carbocycles.